The third-order valence-electron chi connectivity index (χ3n) is 5.66. The first-order valence-corrected chi connectivity index (χ1v) is 10.0. The predicted molar refractivity (Wildman–Crippen MR) is 110 cm³/mol. The number of hydrogen-bond acceptors (Lipinski definition) is 7. The number of amides is 3. The minimum atomic E-state index is -0.914. The Labute approximate surface area is 179 Å². The van der Waals surface area contributed by atoms with Gasteiger partial charge in [0.25, 0.3) is 5.91 Å². The summed E-state index contributed by atoms with van der Waals surface area (Å²) in [4.78, 5) is 48.5. The van der Waals surface area contributed by atoms with Crippen molar-refractivity contribution in [2.24, 2.45) is 5.92 Å². The fraction of sp³-hybridized carbons (Fsp3) is 0.364. The van der Waals surface area contributed by atoms with Crippen molar-refractivity contribution in [1.29, 1.82) is 0 Å². The largest absolute Gasteiger partial charge is 0.497 e. The summed E-state index contributed by atoms with van der Waals surface area (Å²) < 4.78 is 5.14. The van der Waals surface area contributed by atoms with Crippen LogP contribution in [-0.2, 0) is 25.6 Å². The molecule has 2 aromatic rings. The molecule has 0 radical (unpaired) electrons. The first-order valence-electron chi connectivity index (χ1n) is 10.0. The zero-order valence-electron chi connectivity index (χ0n) is 17.4. The Morgan fingerprint density at radius 3 is 2.52 bits per heavy atom. The van der Waals surface area contributed by atoms with Crippen molar-refractivity contribution in [2.45, 2.75) is 18.6 Å². The van der Waals surface area contributed by atoms with Crippen LogP contribution in [0.15, 0.2) is 48.8 Å². The van der Waals surface area contributed by atoms with Gasteiger partial charge < -0.3 is 10.1 Å². The third kappa shape index (κ3) is 4.14. The molecule has 3 unspecified atom stereocenters. The molecule has 1 N–H and O–H groups in total. The molecule has 1 aromatic heterocycles. The monoisotopic (exact) mass is 424 g/mol. The predicted octanol–water partition coefficient (Wildman–Crippen LogP) is 0.721. The molecule has 2 fully saturated rings. The maximum absolute atomic E-state index is 12.7. The number of fused-ring (bicyclic) bond motifs is 1. The molecule has 2 aliphatic rings. The number of pyridine rings is 1. The lowest BCUT2D eigenvalue weighted by molar-refractivity contribution is -0.181. The summed E-state index contributed by atoms with van der Waals surface area (Å²) in [5.74, 6) is -0.857. The van der Waals surface area contributed by atoms with Gasteiger partial charge in [0.2, 0.25) is 11.8 Å². The van der Waals surface area contributed by atoms with E-state index in [1.54, 1.807) is 31.6 Å². The molecular formula is C22H24N4O5. The van der Waals surface area contributed by atoms with Crippen LogP contribution in [0.25, 0.3) is 0 Å². The van der Waals surface area contributed by atoms with E-state index in [0.717, 1.165) is 21.8 Å². The average Bonchev–Trinajstić information content (AvgIpc) is 3.25. The van der Waals surface area contributed by atoms with Gasteiger partial charge in [-0.25, -0.2) is 0 Å². The summed E-state index contributed by atoms with van der Waals surface area (Å²) in [6, 6.07) is 10.6. The molecule has 0 bridgehead atoms. The van der Waals surface area contributed by atoms with Crippen molar-refractivity contribution in [3.05, 3.63) is 59.9 Å². The van der Waals surface area contributed by atoms with E-state index in [1.807, 2.05) is 24.3 Å². The Morgan fingerprint density at radius 1 is 1.13 bits per heavy atom. The summed E-state index contributed by atoms with van der Waals surface area (Å²) in [5, 5.41) is 4.31. The second kappa shape index (κ2) is 8.83. The molecule has 3 amide bonds. The van der Waals surface area contributed by atoms with E-state index in [9.17, 15) is 14.4 Å². The van der Waals surface area contributed by atoms with Gasteiger partial charge in [0.1, 0.15) is 12.3 Å². The Morgan fingerprint density at radius 2 is 1.84 bits per heavy atom. The van der Waals surface area contributed by atoms with Crippen LogP contribution >= 0.6 is 0 Å². The maximum Gasteiger partial charge on any atom is 0.261 e. The fourth-order valence-corrected chi connectivity index (χ4v) is 4.01. The minimum Gasteiger partial charge on any atom is -0.497 e. The average molecular weight is 424 g/mol. The van der Waals surface area contributed by atoms with E-state index in [4.69, 9.17) is 9.57 Å². The first-order chi connectivity index (χ1) is 15.0. The SMILES string of the molecule is COc1ccc(CCNC(=O)CN2OC3C(=O)N(C)C(=O)C3C2c2ccncc2)cc1. The van der Waals surface area contributed by atoms with Gasteiger partial charge in [-0.2, -0.15) is 5.06 Å². The number of likely N-dealkylation sites (N-methyl/N-ethyl adjacent to an activating group) is 1. The van der Waals surface area contributed by atoms with Crippen molar-refractivity contribution >= 4 is 17.7 Å². The van der Waals surface area contributed by atoms with Gasteiger partial charge in [-0.15, -0.1) is 0 Å². The lowest BCUT2D eigenvalue weighted by Gasteiger charge is -2.25. The number of nitrogens with one attached hydrogen (secondary N) is 1. The number of hydroxylamine groups is 2. The van der Waals surface area contributed by atoms with Crippen LogP contribution in [0.3, 0.4) is 0 Å². The van der Waals surface area contributed by atoms with Crippen LogP contribution in [0.2, 0.25) is 0 Å². The molecule has 3 atom stereocenters. The van der Waals surface area contributed by atoms with Crippen molar-refractivity contribution in [1.82, 2.24) is 20.3 Å². The fourth-order valence-electron chi connectivity index (χ4n) is 4.01. The number of imide groups is 1. The van der Waals surface area contributed by atoms with Gasteiger partial charge in [0, 0.05) is 26.0 Å². The van der Waals surface area contributed by atoms with Crippen molar-refractivity contribution in [3.63, 3.8) is 0 Å². The number of methoxy groups -OCH3 is 1. The lowest BCUT2D eigenvalue weighted by atomic mass is 9.91. The van der Waals surface area contributed by atoms with Crippen molar-refractivity contribution in [3.8, 4) is 5.75 Å². The number of likely N-dealkylation sites (tertiary alicyclic amines) is 1. The Kier molecular flexibility index (Phi) is 5.97. The molecule has 0 saturated carbocycles. The van der Waals surface area contributed by atoms with Crippen LogP contribution < -0.4 is 10.1 Å². The Bertz CT molecular complexity index is 966. The Balaban J connectivity index is 1.41. The van der Waals surface area contributed by atoms with Gasteiger partial charge in [-0.05, 0) is 41.8 Å². The number of ether oxygens (including phenoxy) is 1. The summed E-state index contributed by atoms with van der Waals surface area (Å²) >= 11 is 0. The van der Waals surface area contributed by atoms with Crippen LogP contribution in [0.1, 0.15) is 17.2 Å². The molecule has 4 rings (SSSR count). The van der Waals surface area contributed by atoms with E-state index in [0.29, 0.717) is 13.0 Å². The molecule has 9 nitrogen and oxygen atoms in total. The summed E-state index contributed by atoms with van der Waals surface area (Å²) in [5.41, 5.74) is 1.84. The second-order valence-electron chi connectivity index (χ2n) is 7.54. The highest BCUT2D eigenvalue weighted by Gasteiger charge is 2.58. The van der Waals surface area contributed by atoms with Crippen LogP contribution in [-0.4, -0.2) is 66.0 Å². The van der Waals surface area contributed by atoms with Crippen LogP contribution in [0, 0.1) is 5.92 Å². The zero-order chi connectivity index (χ0) is 22.0. The minimum absolute atomic E-state index is 0.0904. The van der Waals surface area contributed by atoms with E-state index in [1.165, 1.54) is 12.1 Å². The molecule has 1 aromatic carbocycles. The third-order valence-corrected chi connectivity index (χ3v) is 5.66. The van der Waals surface area contributed by atoms with Gasteiger partial charge in [0.05, 0.1) is 19.1 Å². The molecule has 31 heavy (non-hydrogen) atoms. The van der Waals surface area contributed by atoms with Crippen LogP contribution in [0.4, 0.5) is 0 Å². The number of carbonyl (C=O) groups excluding carboxylic acids is 3. The summed E-state index contributed by atoms with van der Waals surface area (Å²) in [7, 11) is 3.06. The standard InChI is InChI=1S/C22H24N4O5/c1-25-21(28)18-19(15-8-10-23-11-9-15)26(31-20(18)22(25)29)13-17(27)24-12-7-14-3-5-16(30-2)6-4-14/h3-6,8-11,18-20H,7,12-13H2,1-2H3,(H,24,27). The molecule has 2 saturated heterocycles. The normalized spacial score (nSPS) is 23.2. The summed E-state index contributed by atoms with van der Waals surface area (Å²) in [6.45, 7) is 0.360. The van der Waals surface area contributed by atoms with Crippen molar-refractivity contribution in [2.75, 3.05) is 27.2 Å². The van der Waals surface area contributed by atoms with E-state index < -0.39 is 24.0 Å². The Hall–Kier alpha value is -3.30. The van der Waals surface area contributed by atoms with E-state index in [-0.39, 0.29) is 18.4 Å². The maximum atomic E-state index is 12.7. The highest BCUT2D eigenvalue weighted by Crippen LogP contribution is 2.43. The molecule has 3 heterocycles. The molecular weight excluding hydrogens is 400 g/mol. The zero-order valence-corrected chi connectivity index (χ0v) is 17.4. The highest BCUT2D eigenvalue weighted by molar-refractivity contribution is 6.07. The number of aromatic nitrogens is 1. The molecule has 2 aliphatic heterocycles. The number of benzene rings is 1. The highest BCUT2D eigenvalue weighted by atomic mass is 16.7. The van der Waals surface area contributed by atoms with E-state index in [2.05, 4.69) is 10.3 Å². The molecule has 0 spiro atoms. The number of rotatable bonds is 7. The first kappa shape index (κ1) is 21.0. The van der Waals surface area contributed by atoms with Gasteiger partial charge in [0.15, 0.2) is 6.10 Å². The smallest absolute Gasteiger partial charge is 0.261 e. The summed E-state index contributed by atoms with van der Waals surface area (Å²) in [6.07, 6.45) is 2.97. The number of carbonyl (C=O) groups is 3. The topological polar surface area (TPSA) is 101 Å². The van der Waals surface area contributed by atoms with E-state index >= 15 is 0 Å². The van der Waals surface area contributed by atoms with Crippen LogP contribution in [0.5, 0.6) is 5.75 Å². The lowest BCUT2D eigenvalue weighted by Crippen LogP contribution is -2.40. The molecule has 0 aliphatic carbocycles. The van der Waals surface area contributed by atoms with Gasteiger partial charge in [-0.3, -0.25) is 29.1 Å². The number of nitrogens with zero attached hydrogens (tertiary/aromatic N) is 3. The van der Waals surface area contributed by atoms with Gasteiger partial charge in [-0.1, -0.05) is 12.1 Å². The molecule has 162 valence electrons. The second-order valence-corrected chi connectivity index (χ2v) is 7.54. The van der Waals surface area contributed by atoms with Crippen molar-refractivity contribution < 1.29 is 24.0 Å². The number of hydrogen-bond donors (Lipinski definition) is 1. The quantitative estimate of drug-likeness (QED) is 0.654. The van der Waals surface area contributed by atoms with Gasteiger partial charge >= 0.3 is 0 Å². The molecule has 9 heteroatoms.